The van der Waals surface area contributed by atoms with Crippen LogP contribution in [0.4, 0.5) is 5.69 Å². The van der Waals surface area contributed by atoms with Crippen molar-refractivity contribution in [1.82, 2.24) is 5.32 Å². The summed E-state index contributed by atoms with van der Waals surface area (Å²) in [7, 11) is 0. The Morgan fingerprint density at radius 3 is 2.38 bits per heavy atom. The Bertz CT molecular complexity index is 412. The van der Waals surface area contributed by atoms with Crippen LogP contribution in [0.5, 0.6) is 0 Å². The molecule has 2 N–H and O–H groups in total. The van der Waals surface area contributed by atoms with Crippen molar-refractivity contribution < 1.29 is 14.7 Å². The van der Waals surface area contributed by atoms with E-state index in [9.17, 15) is 9.59 Å². The Morgan fingerprint density at radius 2 is 1.94 bits per heavy atom. The van der Waals surface area contributed by atoms with E-state index < -0.39 is 17.9 Å². The van der Waals surface area contributed by atoms with E-state index in [1.165, 1.54) is 6.92 Å². The highest BCUT2D eigenvalue weighted by molar-refractivity contribution is 5.96. The lowest BCUT2D eigenvalue weighted by atomic mass is 10.2. The third-order valence-electron chi connectivity index (χ3n) is 2.03. The van der Waals surface area contributed by atoms with Crippen LogP contribution in [0.3, 0.4) is 0 Å². The molecule has 0 aliphatic rings. The molecule has 0 unspecified atom stereocenters. The predicted octanol–water partition coefficient (Wildman–Crippen LogP) is 1.22. The number of amides is 1. The Hall–Kier alpha value is -2.17. The van der Waals surface area contributed by atoms with Gasteiger partial charge in [0.1, 0.15) is 6.04 Å². The SMILES string of the molecule is C=Nc1ccc(C(=O)N[C@@H](C)C(=O)O)cc1. The van der Waals surface area contributed by atoms with Gasteiger partial charge in [0, 0.05) is 5.56 Å². The number of carboxylic acids is 1. The molecule has 1 atom stereocenters. The van der Waals surface area contributed by atoms with E-state index in [1.807, 2.05) is 0 Å². The quantitative estimate of drug-likeness (QED) is 0.749. The van der Waals surface area contributed by atoms with Crippen molar-refractivity contribution in [1.29, 1.82) is 0 Å². The fourth-order valence-electron chi connectivity index (χ4n) is 1.06. The molecule has 5 heteroatoms. The number of aliphatic imine (C=N–C) groups is 1. The van der Waals surface area contributed by atoms with Crippen molar-refractivity contribution in [3.05, 3.63) is 29.8 Å². The zero-order valence-electron chi connectivity index (χ0n) is 8.80. The molecule has 0 radical (unpaired) electrons. The second-order valence-electron chi connectivity index (χ2n) is 3.24. The van der Waals surface area contributed by atoms with Gasteiger partial charge in [-0.1, -0.05) is 0 Å². The van der Waals surface area contributed by atoms with E-state index in [2.05, 4.69) is 17.0 Å². The summed E-state index contributed by atoms with van der Waals surface area (Å²) in [6.45, 7) is 4.75. The van der Waals surface area contributed by atoms with Crippen molar-refractivity contribution >= 4 is 24.3 Å². The van der Waals surface area contributed by atoms with Gasteiger partial charge in [0.15, 0.2) is 0 Å². The minimum absolute atomic E-state index is 0.389. The molecule has 84 valence electrons. The van der Waals surface area contributed by atoms with Crippen molar-refractivity contribution in [3.8, 4) is 0 Å². The summed E-state index contributed by atoms with van der Waals surface area (Å²) in [5, 5.41) is 11.0. The van der Waals surface area contributed by atoms with Gasteiger partial charge in [0.25, 0.3) is 5.91 Å². The summed E-state index contributed by atoms with van der Waals surface area (Å²) in [6.07, 6.45) is 0. The summed E-state index contributed by atoms with van der Waals surface area (Å²) >= 11 is 0. The number of hydrogen-bond donors (Lipinski definition) is 2. The third kappa shape index (κ3) is 2.91. The second kappa shape index (κ2) is 5.06. The average Bonchev–Trinajstić information content (AvgIpc) is 2.28. The van der Waals surface area contributed by atoms with Gasteiger partial charge >= 0.3 is 5.97 Å². The number of aliphatic carboxylic acids is 1. The van der Waals surface area contributed by atoms with Gasteiger partial charge < -0.3 is 10.4 Å². The zero-order chi connectivity index (χ0) is 12.1. The molecule has 0 saturated heterocycles. The molecular weight excluding hydrogens is 208 g/mol. The Kier molecular flexibility index (Phi) is 3.77. The number of benzene rings is 1. The molecule has 0 heterocycles. The minimum atomic E-state index is -1.07. The van der Waals surface area contributed by atoms with Gasteiger partial charge in [-0.05, 0) is 37.9 Å². The number of carbonyl (C=O) groups excluding carboxylic acids is 1. The lowest BCUT2D eigenvalue weighted by Crippen LogP contribution is -2.38. The highest BCUT2D eigenvalue weighted by Crippen LogP contribution is 2.11. The number of nitrogens with one attached hydrogen (secondary N) is 1. The summed E-state index contributed by atoms with van der Waals surface area (Å²) < 4.78 is 0. The van der Waals surface area contributed by atoms with Crippen LogP contribution in [0.15, 0.2) is 29.3 Å². The van der Waals surface area contributed by atoms with Crippen LogP contribution in [0.25, 0.3) is 0 Å². The Balaban J connectivity index is 2.73. The van der Waals surface area contributed by atoms with Gasteiger partial charge in [-0.25, -0.2) is 0 Å². The molecular formula is C11H12N2O3. The van der Waals surface area contributed by atoms with Gasteiger partial charge in [0.2, 0.25) is 0 Å². The number of carboxylic acid groups (broad SMARTS) is 1. The molecule has 0 spiro atoms. The number of nitrogens with zero attached hydrogens (tertiary/aromatic N) is 1. The molecule has 16 heavy (non-hydrogen) atoms. The first kappa shape index (κ1) is 11.9. The van der Waals surface area contributed by atoms with E-state index in [0.29, 0.717) is 11.3 Å². The Labute approximate surface area is 92.8 Å². The maximum Gasteiger partial charge on any atom is 0.325 e. The molecule has 0 aromatic heterocycles. The monoisotopic (exact) mass is 220 g/mol. The normalized spacial score (nSPS) is 11.6. The van der Waals surface area contributed by atoms with Crippen molar-refractivity contribution in [2.24, 2.45) is 4.99 Å². The zero-order valence-corrected chi connectivity index (χ0v) is 8.80. The summed E-state index contributed by atoms with van der Waals surface area (Å²) in [4.78, 5) is 25.8. The van der Waals surface area contributed by atoms with Crippen LogP contribution in [0.2, 0.25) is 0 Å². The fraction of sp³-hybridized carbons (Fsp3) is 0.182. The molecule has 0 aliphatic heterocycles. The van der Waals surface area contributed by atoms with E-state index in [4.69, 9.17) is 5.11 Å². The maximum atomic E-state index is 11.5. The van der Waals surface area contributed by atoms with Crippen molar-refractivity contribution in [2.45, 2.75) is 13.0 Å². The molecule has 0 saturated carbocycles. The molecule has 0 bridgehead atoms. The minimum Gasteiger partial charge on any atom is -0.480 e. The summed E-state index contributed by atoms with van der Waals surface area (Å²) in [5.74, 6) is -1.50. The molecule has 1 aromatic carbocycles. The molecule has 5 nitrogen and oxygen atoms in total. The van der Waals surface area contributed by atoms with Crippen molar-refractivity contribution in [3.63, 3.8) is 0 Å². The van der Waals surface area contributed by atoms with Crippen LogP contribution in [-0.4, -0.2) is 29.7 Å². The summed E-state index contributed by atoms with van der Waals surface area (Å²) in [5.41, 5.74) is 1.04. The first-order valence-corrected chi connectivity index (χ1v) is 4.65. The van der Waals surface area contributed by atoms with E-state index in [1.54, 1.807) is 24.3 Å². The van der Waals surface area contributed by atoms with Crippen LogP contribution < -0.4 is 5.32 Å². The molecule has 1 aromatic rings. The predicted molar refractivity (Wildman–Crippen MR) is 60.2 cm³/mol. The topological polar surface area (TPSA) is 78.8 Å². The number of carbonyl (C=O) groups is 2. The standard InChI is InChI=1S/C11H12N2O3/c1-7(11(15)16)13-10(14)8-3-5-9(12-2)6-4-8/h3-7H,2H2,1H3,(H,13,14)(H,15,16)/t7-/m0/s1. The highest BCUT2D eigenvalue weighted by atomic mass is 16.4. The smallest absolute Gasteiger partial charge is 0.325 e. The van der Waals surface area contributed by atoms with Gasteiger partial charge in [-0.15, -0.1) is 0 Å². The first-order valence-electron chi connectivity index (χ1n) is 4.65. The van der Waals surface area contributed by atoms with E-state index in [-0.39, 0.29) is 0 Å². The van der Waals surface area contributed by atoms with E-state index in [0.717, 1.165) is 0 Å². The van der Waals surface area contributed by atoms with E-state index >= 15 is 0 Å². The van der Waals surface area contributed by atoms with Crippen LogP contribution in [0, 0.1) is 0 Å². The Morgan fingerprint density at radius 1 is 1.38 bits per heavy atom. The van der Waals surface area contributed by atoms with Gasteiger partial charge in [0.05, 0.1) is 5.69 Å². The number of hydrogen-bond acceptors (Lipinski definition) is 3. The van der Waals surface area contributed by atoms with Gasteiger partial charge in [-0.3, -0.25) is 14.6 Å². The third-order valence-corrected chi connectivity index (χ3v) is 2.03. The lowest BCUT2D eigenvalue weighted by Gasteiger charge is -2.08. The van der Waals surface area contributed by atoms with Crippen LogP contribution in [0.1, 0.15) is 17.3 Å². The fourth-order valence-corrected chi connectivity index (χ4v) is 1.06. The number of rotatable bonds is 4. The molecule has 1 rings (SSSR count). The largest absolute Gasteiger partial charge is 0.480 e. The van der Waals surface area contributed by atoms with Gasteiger partial charge in [-0.2, -0.15) is 0 Å². The molecule has 0 fully saturated rings. The van der Waals surface area contributed by atoms with Crippen molar-refractivity contribution in [2.75, 3.05) is 0 Å². The maximum absolute atomic E-state index is 11.5. The van der Waals surface area contributed by atoms with Crippen LogP contribution in [-0.2, 0) is 4.79 Å². The van der Waals surface area contributed by atoms with Crippen LogP contribution >= 0.6 is 0 Å². The molecule has 1 amide bonds. The second-order valence-corrected chi connectivity index (χ2v) is 3.24. The summed E-state index contributed by atoms with van der Waals surface area (Å²) in [6, 6.07) is 5.48. The first-order chi connectivity index (χ1) is 7.54. The average molecular weight is 220 g/mol. The highest BCUT2D eigenvalue weighted by Gasteiger charge is 2.14. The lowest BCUT2D eigenvalue weighted by molar-refractivity contribution is -0.138. The molecule has 0 aliphatic carbocycles.